The molecule has 0 saturated carbocycles. The fourth-order valence-electron chi connectivity index (χ4n) is 2.50. The van der Waals surface area contributed by atoms with Gasteiger partial charge in [-0.2, -0.15) is 0 Å². The molecule has 0 bridgehead atoms. The average molecular weight is 259 g/mol. The van der Waals surface area contributed by atoms with Crippen LogP contribution in [-0.2, 0) is 0 Å². The summed E-state index contributed by atoms with van der Waals surface area (Å²) in [6.07, 6.45) is 0. The molecule has 0 aromatic rings. The fourth-order valence-corrected chi connectivity index (χ4v) is 13.0. The maximum atomic E-state index is 2.65. The van der Waals surface area contributed by atoms with Crippen LogP contribution in [0.25, 0.3) is 0 Å². The van der Waals surface area contributed by atoms with Crippen molar-refractivity contribution in [2.75, 3.05) is 0 Å². The number of rotatable bonds is 4. The Labute approximate surface area is 94.2 Å². The minimum atomic E-state index is -1.62. The van der Waals surface area contributed by atoms with Crippen LogP contribution >= 0.6 is 0 Å². The van der Waals surface area contributed by atoms with Crippen molar-refractivity contribution >= 4 is 13.3 Å². The van der Waals surface area contributed by atoms with E-state index >= 15 is 0 Å². The summed E-state index contributed by atoms with van der Waals surface area (Å²) in [5.41, 5.74) is 0. The van der Waals surface area contributed by atoms with E-state index in [4.69, 9.17) is 0 Å². The molecule has 0 amide bonds. The molecule has 0 aliphatic rings. The maximum absolute atomic E-state index is 2.65. The first-order valence-corrected chi connectivity index (χ1v) is 12.2. The van der Waals surface area contributed by atoms with Crippen molar-refractivity contribution in [1.82, 2.24) is 0 Å². The molecule has 14 heavy (non-hydrogen) atoms. The third-order valence-corrected chi connectivity index (χ3v) is 18.3. The Bertz CT molecular complexity index is 153. The normalized spacial score (nSPS) is 14.1. The summed E-state index contributed by atoms with van der Waals surface area (Å²) in [6, 6.07) is 0. The topological polar surface area (TPSA) is 0 Å². The zero-order valence-electron chi connectivity index (χ0n) is 11.6. The average Bonchev–Trinajstić information content (AvgIpc) is 1.78. The van der Waals surface area contributed by atoms with Crippen molar-refractivity contribution in [1.29, 1.82) is 0 Å². The van der Waals surface area contributed by atoms with Crippen LogP contribution in [0.4, 0.5) is 0 Å². The van der Waals surface area contributed by atoms with Crippen LogP contribution in [-0.4, -0.2) is 13.3 Å². The molecule has 0 aromatic carbocycles. The Kier molecular flexibility index (Phi) is 5.24. The summed E-state index contributed by atoms with van der Waals surface area (Å²) >= 11 is -1.62. The minimum absolute atomic E-state index is 0.606. The first kappa shape index (κ1) is 14.5. The molecule has 0 aromatic heterocycles. The van der Waals surface area contributed by atoms with Crippen LogP contribution < -0.4 is 0 Å². The second kappa shape index (κ2) is 5.05. The molecule has 0 aliphatic heterocycles. The van der Waals surface area contributed by atoms with Gasteiger partial charge in [0.1, 0.15) is 0 Å². The van der Waals surface area contributed by atoms with Crippen LogP contribution in [0.3, 0.4) is 0 Å². The summed E-state index contributed by atoms with van der Waals surface area (Å²) in [5, 5.41) is 3.06. The van der Waals surface area contributed by atoms with Gasteiger partial charge in [-0.1, -0.05) is 0 Å². The van der Waals surface area contributed by atoms with E-state index in [9.17, 15) is 0 Å². The van der Waals surface area contributed by atoms with E-state index in [0.29, 0.717) is 4.25 Å². The van der Waals surface area contributed by atoms with Crippen molar-refractivity contribution in [3.63, 3.8) is 0 Å². The zero-order chi connectivity index (χ0) is 11.6. The van der Waals surface area contributed by atoms with Gasteiger partial charge in [-0.05, 0) is 0 Å². The van der Waals surface area contributed by atoms with Crippen molar-refractivity contribution in [3.05, 3.63) is 0 Å². The van der Waals surface area contributed by atoms with Gasteiger partial charge in [0.2, 0.25) is 0 Å². The Morgan fingerprint density at radius 2 is 1.14 bits per heavy atom. The van der Waals surface area contributed by atoms with Crippen LogP contribution in [0.15, 0.2) is 0 Å². The first-order valence-electron chi connectivity index (χ1n) is 6.08. The molecule has 0 saturated heterocycles. The van der Waals surface area contributed by atoms with Crippen LogP contribution in [0, 0.1) is 11.8 Å². The second-order valence-electron chi connectivity index (χ2n) is 7.01. The third kappa shape index (κ3) is 4.38. The van der Waals surface area contributed by atoms with E-state index in [1.54, 1.807) is 0 Å². The third-order valence-electron chi connectivity index (χ3n) is 3.53. The van der Waals surface area contributed by atoms with Gasteiger partial charge in [-0.25, -0.2) is 0 Å². The molecule has 0 N–H and O–H groups in total. The van der Waals surface area contributed by atoms with Gasteiger partial charge in [-0.15, -0.1) is 0 Å². The summed E-state index contributed by atoms with van der Waals surface area (Å²) in [7, 11) is 0. The van der Waals surface area contributed by atoms with Gasteiger partial charge in [0.15, 0.2) is 0 Å². The molecular weight excluding hydrogens is 229 g/mol. The molecular formula is C13H30Ge. The molecule has 0 fully saturated rings. The van der Waals surface area contributed by atoms with Gasteiger partial charge in [0.05, 0.1) is 0 Å². The van der Waals surface area contributed by atoms with E-state index < -0.39 is 13.3 Å². The summed E-state index contributed by atoms with van der Waals surface area (Å²) < 4.78 is 0.606. The fraction of sp³-hybridized carbons (Fsp3) is 1.00. The van der Waals surface area contributed by atoms with Crippen LogP contribution in [0.1, 0.15) is 48.5 Å². The standard InChI is InChI=1S/C13H30Ge/c1-11(2)9-14(8,10-12(3)4)13(5,6)7/h11-12H,9-10H2,1-8H3. The van der Waals surface area contributed by atoms with Crippen molar-refractivity contribution in [2.45, 2.75) is 69.0 Å². The molecule has 0 atom stereocenters. The molecule has 0 unspecified atom stereocenters. The quantitative estimate of drug-likeness (QED) is 0.610. The van der Waals surface area contributed by atoms with E-state index in [0.717, 1.165) is 11.8 Å². The van der Waals surface area contributed by atoms with Crippen LogP contribution in [0.5, 0.6) is 0 Å². The number of hydrogen-bond acceptors (Lipinski definition) is 0. The zero-order valence-corrected chi connectivity index (χ0v) is 13.7. The molecule has 0 radical (unpaired) electrons. The van der Waals surface area contributed by atoms with E-state index in [-0.39, 0.29) is 0 Å². The predicted octanol–water partition coefficient (Wildman–Crippen LogP) is 5.18. The predicted molar refractivity (Wildman–Crippen MR) is 70.6 cm³/mol. The van der Waals surface area contributed by atoms with Gasteiger partial charge < -0.3 is 0 Å². The van der Waals surface area contributed by atoms with Gasteiger partial charge in [0, 0.05) is 0 Å². The Hall–Kier alpha value is 0.543. The van der Waals surface area contributed by atoms with Gasteiger partial charge >= 0.3 is 94.1 Å². The summed E-state index contributed by atoms with van der Waals surface area (Å²) in [6.45, 7) is 16.9. The van der Waals surface area contributed by atoms with Crippen LogP contribution in [0.2, 0.25) is 20.5 Å². The second-order valence-corrected chi connectivity index (χ2v) is 18.4. The molecule has 0 spiro atoms. The SMILES string of the molecule is CC(C)[CH2][Ge]([CH3])([CH2]C(C)C)[C](C)(C)C. The van der Waals surface area contributed by atoms with Crippen molar-refractivity contribution < 1.29 is 0 Å². The first-order chi connectivity index (χ1) is 6.08. The van der Waals surface area contributed by atoms with E-state index in [1.807, 2.05) is 0 Å². The van der Waals surface area contributed by atoms with Gasteiger partial charge in [-0.3, -0.25) is 0 Å². The Balaban J connectivity index is 4.67. The Morgan fingerprint density at radius 3 is 1.29 bits per heavy atom. The van der Waals surface area contributed by atoms with E-state index in [2.05, 4.69) is 54.2 Å². The van der Waals surface area contributed by atoms with Gasteiger partial charge in [0.25, 0.3) is 0 Å². The Morgan fingerprint density at radius 1 is 0.857 bits per heavy atom. The molecule has 0 nitrogen and oxygen atoms in total. The molecule has 0 rings (SSSR count). The summed E-state index contributed by atoms with van der Waals surface area (Å²) in [4.78, 5) is 0. The van der Waals surface area contributed by atoms with Crippen molar-refractivity contribution in [2.24, 2.45) is 11.8 Å². The summed E-state index contributed by atoms with van der Waals surface area (Å²) in [5.74, 6) is 4.43. The molecule has 0 heterocycles. The number of hydrogen-bond donors (Lipinski definition) is 0. The molecule has 0 aliphatic carbocycles. The molecule has 1 heteroatoms. The monoisotopic (exact) mass is 260 g/mol. The molecule has 86 valence electrons. The van der Waals surface area contributed by atoms with Crippen molar-refractivity contribution in [3.8, 4) is 0 Å². The van der Waals surface area contributed by atoms with E-state index in [1.165, 1.54) is 10.5 Å².